The van der Waals surface area contributed by atoms with Gasteiger partial charge in [0.25, 0.3) is 0 Å². The van der Waals surface area contributed by atoms with E-state index < -0.39 is 0 Å². The molecule has 0 saturated carbocycles. The fourth-order valence-corrected chi connectivity index (χ4v) is 1.65. The second-order valence-corrected chi connectivity index (χ2v) is 3.65. The molecule has 2 aromatic rings. The Bertz CT molecular complexity index is 373. The Kier molecular flexibility index (Phi) is 2.69. The Hall–Kier alpha value is -1.49. The number of nitrogens with zero attached hydrogens (tertiary/aromatic N) is 3. The van der Waals surface area contributed by atoms with E-state index in [1.54, 1.807) is 6.20 Å². The molecule has 0 aromatic carbocycles. The molecule has 5 heteroatoms. The monoisotopic (exact) mass is 206 g/mol. The van der Waals surface area contributed by atoms with Crippen LogP contribution < -0.4 is 5.32 Å². The lowest BCUT2D eigenvalue weighted by Crippen LogP contribution is -2.07. The van der Waals surface area contributed by atoms with Gasteiger partial charge in [0, 0.05) is 17.7 Å². The van der Waals surface area contributed by atoms with Crippen LogP contribution >= 0.6 is 11.5 Å². The highest BCUT2D eigenvalue weighted by Crippen LogP contribution is 2.16. The molecule has 0 saturated heterocycles. The maximum Gasteiger partial charge on any atom is 0.202 e. The van der Waals surface area contributed by atoms with E-state index in [0.717, 1.165) is 10.8 Å². The lowest BCUT2D eigenvalue weighted by Gasteiger charge is -2.10. The van der Waals surface area contributed by atoms with Crippen LogP contribution in [0.3, 0.4) is 0 Å². The highest BCUT2D eigenvalue weighted by molar-refractivity contribution is 7.09. The van der Waals surface area contributed by atoms with Gasteiger partial charge in [0.1, 0.15) is 6.33 Å². The smallest absolute Gasteiger partial charge is 0.202 e. The topological polar surface area (TPSA) is 50.7 Å². The van der Waals surface area contributed by atoms with Crippen LogP contribution in [-0.4, -0.2) is 14.3 Å². The van der Waals surface area contributed by atoms with Gasteiger partial charge in [-0.3, -0.25) is 4.98 Å². The van der Waals surface area contributed by atoms with Gasteiger partial charge in [0.2, 0.25) is 5.13 Å². The van der Waals surface area contributed by atoms with Gasteiger partial charge >= 0.3 is 0 Å². The van der Waals surface area contributed by atoms with Crippen LogP contribution in [0.4, 0.5) is 5.13 Å². The summed E-state index contributed by atoms with van der Waals surface area (Å²) in [4.78, 5) is 8.30. The van der Waals surface area contributed by atoms with E-state index in [4.69, 9.17) is 0 Å². The average Bonchev–Trinajstić information content (AvgIpc) is 2.72. The number of pyridine rings is 1. The van der Waals surface area contributed by atoms with Crippen LogP contribution in [0.2, 0.25) is 0 Å². The SMILES string of the molecule is CC(Nc1ncns1)c1ccccn1. The molecule has 2 aromatic heterocycles. The largest absolute Gasteiger partial charge is 0.352 e. The molecule has 0 aliphatic rings. The van der Waals surface area contributed by atoms with Gasteiger partial charge in [-0.25, -0.2) is 4.98 Å². The van der Waals surface area contributed by atoms with Gasteiger partial charge in [0.05, 0.1) is 11.7 Å². The van der Waals surface area contributed by atoms with Crippen molar-refractivity contribution in [1.82, 2.24) is 14.3 Å². The molecule has 2 rings (SSSR count). The minimum atomic E-state index is 0.157. The van der Waals surface area contributed by atoms with Gasteiger partial charge in [-0.15, -0.1) is 0 Å². The van der Waals surface area contributed by atoms with Crippen molar-refractivity contribution in [3.05, 3.63) is 36.4 Å². The highest BCUT2D eigenvalue weighted by Gasteiger charge is 2.06. The lowest BCUT2D eigenvalue weighted by molar-refractivity contribution is 0.837. The summed E-state index contributed by atoms with van der Waals surface area (Å²) in [5, 5.41) is 4.04. The van der Waals surface area contributed by atoms with Crippen molar-refractivity contribution in [3.63, 3.8) is 0 Å². The molecule has 0 spiro atoms. The first-order valence-electron chi connectivity index (χ1n) is 4.30. The minimum Gasteiger partial charge on any atom is -0.352 e. The Morgan fingerprint density at radius 2 is 2.29 bits per heavy atom. The molecule has 72 valence electrons. The maximum atomic E-state index is 4.25. The second-order valence-electron chi connectivity index (χ2n) is 2.87. The van der Waals surface area contributed by atoms with Gasteiger partial charge in [-0.1, -0.05) is 6.07 Å². The van der Waals surface area contributed by atoms with E-state index in [-0.39, 0.29) is 6.04 Å². The molecule has 0 bridgehead atoms. The molecule has 2 heterocycles. The lowest BCUT2D eigenvalue weighted by atomic mass is 10.2. The normalized spacial score (nSPS) is 12.4. The zero-order chi connectivity index (χ0) is 9.80. The fraction of sp³-hybridized carbons (Fsp3) is 0.222. The van der Waals surface area contributed by atoms with Gasteiger partial charge < -0.3 is 5.32 Å². The Morgan fingerprint density at radius 1 is 1.36 bits per heavy atom. The zero-order valence-corrected chi connectivity index (χ0v) is 8.53. The van der Waals surface area contributed by atoms with E-state index in [1.165, 1.54) is 17.9 Å². The average molecular weight is 206 g/mol. The van der Waals surface area contributed by atoms with Crippen LogP contribution in [-0.2, 0) is 0 Å². The van der Waals surface area contributed by atoms with E-state index in [1.807, 2.05) is 25.1 Å². The number of rotatable bonds is 3. The Morgan fingerprint density at radius 3 is 2.93 bits per heavy atom. The summed E-state index contributed by atoms with van der Waals surface area (Å²) >= 11 is 1.35. The van der Waals surface area contributed by atoms with Crippen molar-refractivity contribution < 1.29 is 0 Å². The first-order chi connectivity index (χ1) is 6.86. The first-order valence-corrected chi connectivity index (χ1v) is 5.08. The zero-order valence-electron chi connectivity index (χ0n) is 7.71. The Labute approximate surface area is 86.2 Å². The molecule has 0 aliphatic heterocycles. The molecule has 4 nitrogen and oxygen atoms in total. The van der Waals surface area contributed by atoms with Crippen molar-refractivity contribution in [3.8, 4) is 0 Å². The van der Waals surface area contributed by atoms with E-state index in [9.17, 15) is 0 Å². The predicted molar refractivity (Wildman–Crippen MR) is 56.2 cm³/mol. The number of hydrogen-bond donors (Lipinski definition) is 1. The summed E-state index contributed by atoms with van der Waals surface area (Å²) in [6.45, 7) is 2.05. The molecular formula is C9H10N4S. The van der Waals surface area contributed by atoms with Gasteiger partial charge in [-0.2, -0.15) is 4.37 Å². The number of nitrogens with one attached hydrogen (secondary N) is 1. The van der Waals surface area contributed by atoms with Crippen LogP contribution in [0.15, 0.2) is 30.7 Å². The third-order valence-electron chi connectivity index (χ3n) is 1.83. The predicted octanol–water partition coefficient (Wildman–Crippen LogP) is 2.11. The molecule has 0 aliphatic carbocycles. The van der Waals surface area contributed by atoms with Gasteiger partial charge in [-0.05, 0) is 19.1 Å². The molecule has 0 fully saturated rings. The van der Waals surface area contributed by atoms with Crippen LogP contribution in [0, 0.1) is 0 Å². The summed E-state index contributed by atoms with van der Waals surface area (Å²) in [5.41, 5.74) is 1.00. The summed E-state index contributed by atoms with van der Waals surface area (Å²) in [6.07, 6.45) is 3.33. The quantitative estimate of drug-likeness (QED) is 0.835. The van der Waals surface area contributed by atoms with Crippen molar-refractivity contribution in [1.29, 1.82) is 0 Å². The van der Waals surface area contributed by atoms with Gasteiger partial charge in [0.15, 0.2) is 0 Å². The Balaban J connectivity index is 2.07. The number of anilines is 1. The summed E-state index contributed by atoms with van der Waals surface area (Å²) < 4.78 is 3.92. The van der Waals surface area contributed by atoms with E-state index in [0.29, 0.717) is 0 Å². The minimum absolute atomic E-state index is 0.157. The highest BCUT2D eigenvalue weighted by atomic mass is 32.1. The molecular weight excluding hydrogens is 196 g/mol. The summed E-state index contributed by atoms with van der Waals surface area (Å²) in [6, 6.07) is 6.02. The van der Waals surface area contributed by atoms with Crippen LogP contribution in [0.5, 0.6) is 0 Å². The first kappa shape index (κ1) is 9.08. The van der Waals surface area contributed by atoms with E-state index in [2.05, 4.69) is 19.7 Å². The maximum absolute atomic E-state index is 4.25. The third-order valence-corrected chi connectivity index (χ3v) is 2.43. The molecule has 1 N–H and O–H groups in total. The molecule has 0 radical (unpaired) electrons. The van der Waals surface area contributed by atoms with Crippen molar-refractivity contribution in [2.24, 2.45) is 0 Å². The molecule has 1 unspecified atom stereocenters. The van der Waals surface area contributed by atoms with Crippen LogP contribution in [0.25, 0.3) is 0 Å². The van der Waals surface area contributed by atoms with Crippen molar-refractivity contribution in [2.45, 2.75) is 13.0 Å². The van der Waals surface area contributed by atoms with Crippen LogP contribution in [0.1, 0.15) is 18.7 Å². The van der Waals surface area contributed by atoms with Crippen molar-refractivity contribution in [2.75, 3.05) is 5.32 Å². The molecule has 14 heavy (non-hydrogen) atoms. The second kappa shape index (κ2) is 4.15. The van der Waals surface area contributed by atoms with Crippen molar-refractivity contribution >= 4 is 16.7 Å². The fourth-order valence-electron chi connectivity index (χ4n) is 1.13. The molecule has 0 amide bonds. The third kappa shape index (κ3) is 2.05. The number of hydrogen-bond acceptors (Lipinski definition) is 5. The van der Waals surface area contributed by atoms with E-state index >= 15 is 0 Å². The summed E-state index contributed by atoms with van der Waals surface area (Å²) in [7, 11) is 0. The standard InChI is InChI=1S/C9H10N4S/c1-7(8-4-2-3-5-10-8)13-9-11-6-12-14-9/h2-7H,1H3,(H,11,12,13). The number of aromatic nitrogens is 3. The summed E-state index contributed by atoms with van der Waals surface area (Å²) in [5.74, 6) is 0. The molecule has 1 atom stereocenters.